The van der Waals surface area contributed by atoms with E-state index in [9.17, 15) is 4.79 Å². The molecule has 0 aliphatic heterocycles. The SMILES string of the molecule is CCCc1ccccc1NC(=O)[C@@H](N)c1ccccc1. The Labute approximate surface area is 119 Å². The van der Waals surface area contributed by atoms with Crippen LogP contribution in [0.5, 0.6) is 0 Å². The topological polar surface area (TPSA) is 55.1 Å². The van der Waals surface area contributed by atoms with Crippen LogP contribution in [0, 0.1) is 0 Å². The molecule has 3 heteroatoms. The number of hydrogen-bond acceptors (Lipinski definition) is 2. The molecule has 104 valence electrons. The number of rotatable bonds is 5. The van der Waals surface area contributed by atoms with E-state index >= 15 is 0 Å². The predicted molar refractivity (Wildman–Crippen MR) is 82.4 cm³/mol. The summed E-state index contributed by atoms with van der Waals surface area (Å²) in [5.74, 6) is -0.181. The normalized spacial score (nSPS) is 11.9. The molecule has 1 amide bonds. The van der Waals surface area contributed by atoms with Crippen molar-refractivity contribution in [3.05, 3.63) is 65.7 Å². The molecule has 20 heavy (non-hydrogen) atoms. The monoisotopic (exact) mass is 268 g/mol. The van der Waals surface area contributed by atoms with Crippen LogP contribution < -0.4 is 11.1 Å². The van der Waals surface area contributed by atoms with E-state index in [1.54, 1.807) is 0 Å². The van der Waals surface area contributed by atoms with Crippen LogP contribution in [0.15, 0.2) is 54.6 Å². The van der Waals surface area contributed by atoms with Gasteiger partial charge in [-0.15, -0.1) is 0 Å². The number of carbonyl (C=O) groups is 1. The second kappa shape index (κ2) is 6.87. The molecule has 0 heterocycles. The maximum Gasteiger partial charge on any atom is 0.245 e. The molecule has 2 aromatic carbocycles. The van der Waals surface area contributed by atoms with Gasteiger partial charge in [-0.3, -0.25) is 4.79 Å². The first kappa shape index (κ1) is 14.3. The largest absolute Gasteiger partial charge is 0.324 e. The van der Waals surface area contributed by atoms with E-state index < -0.39 is 6.04 Å². The first-order chi connectivity index (χ1) is 9.72. The molecule has 0 radical (unpaired) electrons. The summed E-state index contributed by atoms with van der Waals surface area (Å²) in [5, 5.41) is 2.93. The van der Waals surface area contributed by atoms with Crippen molar-refractivity contribution in [3.63, 3.8) is 0 Å². The Morgan fingerprint density at radius 2 is 1.75 bits per heavy atom. The molecule has 0 aliphatic carbocycles. The maximum absolute atomic E-state index is 12.2. The Hall–Kier alpha value is -2.13. The Morgan fingerprint density at radius 3 is 2.45 bits per heavy atom. The number of carbonyl (C=O) groups excluding carboxylic acids is 1. The summed E-state index contributed by atoms with van der Waals surface area (Å²) in [6, 6.07) is 16.6. The summed E-state index contributed by atoms with van der Waals surface area (Å²) in [6.07, 6.45) is 1.98. The Balaban J connectivity index is 2.12. The summed E-state index contributed by atoms with van der Waals surface area (Å²) in [5.41, 5.74) is 8.81. The van der Waals surface area contributed by atoms with E-state index in [-0.39, 0.29) is 5.91 Å². The summed E-state index contributed by atoms with van der Waals surface area (Å²) in [7, 11) is 0. The van der Waals surface area contributed by atoms with Crippen LogP contribution in [0.25, 0.3) is 0 Å². The van der Waals surface area contributed by atoms with Gasteiger partial charge in [-0.2, -0.15) is 0 Å². The number of amides is 1. The van der Waals surface area contributed by atoms with Crippen LogP contribution in [-0.2, 0) is 11.2 Å². The fraction of sp³-hybridized carbons (Fsp3) is 0.235. The van der Waals surface area contributed by atoms with E-state index in [0.29, 0.717) is 0 Å². The van der Waals surface area contributed by atoms with Crippen LogP contribution in [0.3, 0.4) is 0 Å². The Morgan fingerprint density at radius 1 is 1.10 bits per heavy atom. The lowest BCUT2D eigenvalue weighted by molar-refractivity contribution is -0.117. The zero-order valence-electron chi connectivity index (χ0n) is 11.7. The summed E-state index contributed by atoms with van der Waals surface area (Å²) >= 11 is 0. The zero-order chi connectivity index (χ0) is 14.4. The number of para-hydroxylation sites is 1. The summed E-state index contributed by atoms with van der Waals surface area (Å²) < 4.78 is 0. The fourth-order valence-electron chi connectivity index (χ4n) is 2.15. The van der Waals surface area contributed by atoms with Crippen LogP contribution in [0.2, 0.25) is 0 Å². The van der Waals surface area contributed by atoms with Gasteiger partial charge < -0.3 is 11.1 Å². The third-order valence-electron chi connectivity index (χ3n) is 3.24. The first-order valence-electron chi connectivity index (χ1n) is 6.91. The second-order valence-corrected chi connectivity index (χ2v) is 4.78. The van der Waals surface area contributed by atoms with Gasteiger partial charge in [-0.1, -0.05) is 61.9 Å². The van der Waals surface area contributed by atoms with Crippen molar-refractivity contribution in [1.29, 1.82) is 0 Å². The third kappa shape index (κ3) is 3.45. The van der Waals surface area contributed by atoms with Gasteiger partial charge in [-0.25, -0.2) is 0 Å². The molecule has 0 aromatic heterocycles. The van der Waals surface area contributed by atoms with Gasteiger partial charge in [0.1, 0.15) is 6.04 Å². The molecule has 0 saturated carbocycles. The van der Waals surface area contributed by atoms with Crippen molar-refractivity contribution in [2.75, 3.05) is 5.32 Å². The van der Waals surface area contributed by atoms with E-state index in [2.05, 4.69) is 12.2 Å². The van der Waals surface area contributed by atoms with Crippen LogP contribution >= 0.6 is 0 Å². The number of aryl methyl sites for hydroxylation is 1. The summed E-state index contributed by atoms with van der Waals surface area (Å²) in [6.45, 7) is 2.12. The number of hydrogen-bond donors (Lipinski definition) is 2. The molecule has 3 nitrogen and oxygen atoms in total. The summed E-state index contributed by atoms with van der Waals surface area (Å²) in [4.78, 5) is 12.2. The second-order valence-electron chi connectivity index (χ2n) is 4.78. The molecule has 0 fully saturated rings. The average Bonchev–Trinajstić information content (AvgIpc) is 2.49. The zero-order valence-corrected chi connectivity index (χ0v) is 11.7. The lowest BCUT2D eigenvalue weighted by Crippen LogP contribution is -2.28. The Kier molecular flexibility index (Phi) is 4.91. The molecular weight excluding hydrogens is 248 g/mol. The van der Waals surface area contributed by atoms with Crippen LogP contribution in [0.1, 0.15) is 30.5 Å². The highest BCUT2D eigenvalue weighted by atomic mass is 16.2. The van der Waals surface area contributed by atoms with Crippen molar-refractivity contribution >= 4 is 11.6 Å². The van der Waals surface area contributed by atoms with Crippen molar-refractivity contribution in [1.82, 2.24) is 0 Å². The first-order valence-corrected chi connectivity index (χ1v) is 6.91. The fourth-order valence-corrected chi connectivity index (χ4v) is 2.15. The lowest BCUT2D eigenvalue weighted by Gasteiger charge is -2.15. The molecule has 3 N–H and O–H groups in total. The Bertz CT molecular complexity index is 566. The highest BCUT2D eigenvalue weighted by Gasteiger charge is 2.16. The van der Waals surface area contributed by atoms with Gasteiger partial charge in [0.15, 0.2) is 0 Å². The third-order valence-corrected chi connectivity index (χ3v) is 3.24. The van der Waals surface area contributed by atoms with Gasteiger partial charge >= 0.3 is 0 Å². The van der Waals surface area contributed by atoms with Crippen molar-refractivity contribution in [2.45, 2.75) is 25.8 Å². The molecule has 0 spiro atoms. The standard InChI is InChI=1S/C17H20N2O/c1-2-8-13-9-6-7-12-15(13)19-17(20)16(18)14-10-4-3-5-11-14/h3-7,9-12,16H,2,8,18H2,1H3,(H,19,20)/t16-/m0/s1. The maximum atomic E-state index is 12.2. The van der Waals surface area contributed by atoms with Crippen molar-refractivity contribution in [2.24, 2.45) is 5.73 Å². The van der Waals surface area contributed by atoms with Crippen molar-refractivity contribution < 1.29 is 4.79 Å². The van der Waals surface area contributed by atoms with Gasteiger partial charge in [0.2, 0.25) is 5.91 Å². The highest BCUT2D eigenvalue weighted by molar-refractivity contribution is 5.96. The molecule has 2 rings (SSSR count). The van der Waals surface area contributed by atoms with E-state index in [4.69, 9.17) is 5.73 Å². The number of nitrogens with one attached hydrogen (secondary N) is 1. The van der Waals surface area contributed by atoms with E-state index in [1.807, 2.05) is 54.6 Å². The smallest absolute Gasteiger partial charge is 0.245 e. The van der Waals surface area contributed by atoms with Crippen molar-refractivity contribution in [3.8, 4) is 0 Å². The minimum absolute atomic E-state index is 0.181. The quantitative estimate of drug-likeness (QED) is 0.874. The van der Waals surface area contributed by atoms with Gasteiger partial charge in [0, 0.05) is 5.69 Å². The lowest BCUT2D eigenvalue weighted by atomic mass is 10.1. The average molecular weight is 268 g/mol. The number of nitrogens with two attached hydrogens (primary N) is 1. The molecule has 0 aliphatic rings. The van der Waals surface area contributed by atoms with Gasteiger partial charge in [0.25, 0.3) is 0 Å². The van der Waals surface area contributed by atoms with E-state index in [1.165, 1.54) is 0 Å². The molecule has 0 unspecified atom stereocenters. The molecular formula is C17H20N2O. The minimum Gasteiger partial charge on any atom is -0.324 e. The van der Waals surface area contributed by atoms with Crippen LogP contribution in [0.4, 0.5) is 5.69 Å². The molecule has 1 atom stereocenters. The van der Waals surface area contributed by atoms with Gasteiger partial charge in [0.05, 0.1) is 0 Å². The minimum atomic E-state index is -0.647. The molecule has 2 aromatic rings. The number of anilines is 1. The number of benzene rings is 2. The van der Waals surface area contributed by atoms with Gasteiger partial charge in [-0.05, 0) is 23.6 Å². The predicted octanol–water partition coefficient (Wildman–Crippen LogP) is 3.28. The molecule has 0 saturated heterocycles. The highest BCUT2D eigenvalue weighted by Crippen LogP contribution is 2.19. The van der Waals surface area contributed by atoms with E-state index in [0.717, 1.165) is 29.7 Å². The molecule has 0 bridgehead atoms. The van der Waals surface area contributed by atoms with Crippen LogP contribution in [-0.4, -0.2) is 5.91 Å².